The molecule has 4 rings (SSSR count). The van der Waals surface area contributed by atoms with E-state index in [9.17, 15) is 9.90 Å². The Hall–Kier alpha value is -2.78. The number of hydrogen-bond acceptors (Lipinski definition) is 8. The molecule has 8 nitrogen and oxygen atoms in total. The number of hydrogen-bond donors (Lipinski definition) is 1. The summed E-state index contributed by atoms with van der Waals surface area (Å²) < 4.78 is 37.1. The van der Waals surface area contributed by atoms with E-state index in [4.69, 9.17) is 10.0 Å². The molecular formula is C18H17N5O3S. The van der Waals surface area contributed by atoms with Gasteiger partial charge in [-0.05, 0) is 24.5 Å². The van der Waals surface area contributed by atoms with E-state index in [-0.39, 0.29) is 5.69 Å². The van der Waals surface area contributed by atoms with Gasteiger partial charge in [0.15, 0.2) is 10.9 Å². The number of aliphatic hydroxyl groups is 1. The van der Waals surface area contributed by atoms with Crippen molar-refractivity contribution in [1.82, 2.24) is 25.0 Å². The first-order valence-electron chi connectivity index (χ1n) is 9.86. The fourth-order valence-corrected chi connectivity index (χ4v) is 2.90. The zero-order valence-corrected chi connectivity index (χ0v) is 15.2. The molecule has 0 spiro atoms. The number of likely N-dealkylation sites (N-methyl/N-ethyl adjacent to an activating group) is 1. The van der Waals surface area contributed by atoms with E-state index >= 15 is 0 Å². The number of nitrogens with zero attached hydrogens (tertiary/aromatic N) is 5. The summed E-state index contributed by atoms with van der Waals surface area (Å²) in [6.45, 7) is -2.76. The van der Waals surface area contributed by atoms with E-state index in [0.717, 1.165) is 7.05 Å². The average molecular weight is 387 g/mol. The van der Waals surface area contributed by atoms with Crippen LogP contribution in [0.2, 0.25) is 0 Å². The van der Waals surface area contributed by atoms with Crippen molar-refractivity contribution >= 4 is 17.7 Å². The van der Waals surface area contributed by atoms with Crippen LogP contribution < -0.4 is 0 Å². The number of thioether (sulfide) groups is 1. The summed E-state index contributed by atoms with van der Waals surface area (Å²) >= 11 is 1.39. The summed E-state index contributed by atoms with van der Waals surface area (Å²) in [6, 6.07) is 7.97. The van der Waals surface area contributed by atoms with Gasteiger partial charge in [0.25, 0.3) is 5.91 Å². The number of carbonyl (C=O) groups excluding carboxylic acids is 1. The first-order chi connectivity index (χ1) is 14.5. The van der Waals surface area contributed by atoms with Crippen molar-refractivity contribution in [3.05, 3.63) is 42.3 Å². The third-order valence-electron chi connectivity index (χ3n) is 3.98. The van der Waals surface area contributed by atoms with E-state index in [1.54, 1.807) is 30.5 Å². The second-order valence-corrected chi connectivity index (χ2v) is 6.50. The van der Waals surface area contributed by atoms with Crippen molar-refractivity contribution in [2.75, 3.05) is 19.8 Å². The van der Waals surface area contributed by atoms with Gasteiger partial charge in [0.2, 0.25) is 5.60 Å². The zero-order chi connectivity index (χ0) is 22.6. The fourth-order valence-electron chi connectivity index (χ4n) is 2.55. The summed E-state index contributed by atoms with van der Waals surface area (Å²) in [5.74, 6) is -1.68. The summed E-state index contributed by atoms with van der Waals surface area (Å²) in [5, 5.41) is 15.3. The maximum atomic E-state index is 12.6. The molecule has 138 valence electrons. The molecule has 9 heteroatoms. The van der Waals surface area contributed by atoms with Gasteiger partial charge >= 0.3 is 0 Å². The van der Waals surface area contributed by atoms with E-state index in [0.29, 0.717) is 27.1 Å². The number of carbonyl (C=O) groups is 1. The van der Waals surface area contributed by atoms with Crippen LogP contribution in [0.3, 0.4) is 0 Å². The Labute approximate surface area is 165 Å². The summed E-state index contributed by atoms with van der Waals surface area (Å²) in [6.07, 6.45) is 0.477. The molecule has 0 saturated carbocycles. The Morgan fingerprint density at radius 1 is 1.26 bits per heavy atom. The Morgan fingerprint density at radius 3 is 2.70 bits per heavy atom. The van der Waals surface area contributed by atoms with Crippen molar-refractivity contribution in [1.29, 1.82) is 0 Å². The van der Waals surface area contributed by atoms with Crippen molar-refractivity contribution in [2.24, 2.45) is 0 Å². The molecule has 1 fully saturated rings. The summed E-state index contributed by atoms with van der Waals surface area (Å²) in [4.78, 5) is 26.1. The van der Waals surface area contributed by atoms with Gasteiger partial charge < -0.3 is 14.5 Å². The van der Waals surface area contributed by atoms with Crippen molar-refractivity contribution in [3.63, 3.8) is 0 Å². The lowest BCUT2D eigenvalue weighted by molar-refractivity contribution is -0.144. The van der Waals surface area contributed by atoms with Gasteiger partial charge in [0, 0.05) is 37.7 Å². The largest absolute Gasteiger partial charge is 0.373 e. The molecule has 1 aliphatic heterocycles. The van der Waals surface area contributed by atoms with Gasteiger partial charge in [-0.2, -0.15) is 0 Å². The van der Waals surface area contributed by atoms with Gasteiger partial charge in [-0.25, -0.2) is 15.0 Å². The molecule has 0 aliphatic carbocycles. The minimum Gasteiger partial charge on any atom is -0.373 e. The molecule has 1 amide bonds. The molecule has 4 heterocycles. The van der Waals surface area contributed by atoms with Crippen LogP contribution >= 0.6 is 11.8 Å². The van der Waals surface area contributed by atoms with E-state index in [1.165, 1.54) is 17.8 Å². The topological polar surface area (TPSA) is 105 Å². The van der Waals surface area contributed by atoms with Gasteiger partial charge in [0.1, 0.15) is 5.69 Å². The third-order valence-corrected chi connectivity index (χ3v) is 4.54. The van der Waals surface area contributed by atoms with Crippen LogP contribution in [0.15, 0.2) is 46.2 Å². The summed E-state index contributed by atoms with van der Waals surface area (Å²) in [5.41, 5.74) is -1.29. The minimum atomic E-state index is -2.99. The van der Waals surface area contributed by atoms with Crippen LogP contribution in [0.25, 0.3) is 22.8 Å². The third kappa shape index (κ3) is 3.08. The quantitative estimate of drug-likeness (QED) is 0.535. The molecule has 3 aromatic rings. The van der Waals surface area contributed by atoms with Gasteiger partial charge in [-0.3, -0.25) is 4.79 Å². The maximum absolute atomic E-state index is 12.6. The lowest BCUT2D eigenvalue weighted by Crippen LogP contribution is -2.35. The highest BCUT2D eigenvalue weighted by Crippen LogP contribution is 2.34. The molecule has 1 aliphatic rings. The van der Waals surface area contributed by atoms with Crippen LogP contribution in [0, 0.1) is 0 Å². The number of pyridine rings is 1. The van der Waals surface area contributed by atoms with Gasteiger partial charge in [-0.15, -0.1) is 0 Å². The molecule has 1 N–H and O–H groups in total. The molecule has 27 heavy (non-hydrogen) atoms. The smallest absolute Gasteiger partial charge is 0.262 e. The molecule has 1 atom stereocenters. The predicted molar refractivity (Wildman–Crippen MR) is 98.7 cm³/mol. The highest BCUT2D eigenvalue weighted by molar-refractivity contribution is 7.98. The Balaban J connectivity index is 1.74. The Morgan fingerprint density at radius 2 is 2.00 bits per heavy atom. The maximum Gasteiger partial charge on any atom is 0.262 e. The van der Waals surface area contributed by atoms with Crippen LogP contribution in [-0.4, -0.2) is 55.8 Å². The first kappa shape index (κ1) is 13.4. The number of aromatic nitrogens is 4. The van der Waals surface area contributed by atoms with Crippen LogP contribution in [0.1, 0.15) is 17.6 Å². The van der Waals surface area contributed by atoms with E-state index in [1.807, 2.05) is 6.26 Å². The lowest BCUT2D eigenvalue weighted by atomic mass is 9.98. The molecule has 3 aromatic heterocycles. The second-order valence-electron chi connectivity index (χ2n) is 5.72. The Kier molecular flexibility index (Phi) is 3.35. The highest BCUT2D eigenvalue weighted by atomic mass is 32.2. The molecule has 0 radical (unpaired) electrons. The van der Waals surface area contributed by atoms with Crippen molar-refractivity contribution < 1.29 is 19.9 Å². The molecule has 0 unspecified atom stereocenters. The van der Waals surface area contributed by atoms with Crippen LogP contribution in [-0.2, 0) is 10.4 Å². The molecule has 0 aromatic carbocycles. The zero-order valence-electron chi connectivity index (χ0n) is 18.4. The minimum absolute atomic E-state index is 0.142. The summed E-state index contributed by atoms with van der Waals surface area (Å²) in [7, 11) is 1.07. The molecule has 1 saturated heterocycles. The van der Waals surface area contributed by atoms with E-state index in [2.05, 4.69) is 20.1 Å². The standard InChI is InChI=1S/C18H17N5O3S/c1-23-9-7-18(25,16(23)24)15-10-14(22-26-15)12-5-3-4-11(20-12)13-6-8-19-17(21-13)27-2/h3-6,8,10,25H,7,9H2,1-2H3/t18-/m1/s1/i7D2,9D2. The SMILES string of the molecule is [2H]C1([2H])N(C)C(=O)[C@](O)(c2cc(-c3cccc(-c4ccnc(SC)n4)n3)no2)C1([2H])[2H]. The highest BCUT2D eigenvalue weighted by Gasteiger charge is 2.48. The van der Waals surface area contributed by atoms with Crippen LogP contribution in [0.5, 0.6) is 0 Å². The number of likely N-dealkylation sites (tertiary alicyclic amines) is 1. The van der Waals surface area contributed by atoms with E-state index < -0.39 is 30.1 Å². The lowest BCUT2D eigenvalue weighted by Gasteiger charge is -2.16. The monoisotopic (exact) mass is 387 g/mol. The first-order valence-corrected chi connectivity index (χ1v) is 9.09. The molecular weight excluding hydrogens is 366 g/mol. The normalized spacial score (nSPS) is 25.6. The second kappa shape index (κ2) is 6.75. The number of amides is 1. The van der Waals surface area contributed by atoms with Crippen molar-refractivity contribution in [3.8, 4) is 22.8 Å². The van der Waals surface area contributed by atoms with Crippen molar-refractivity contribution in [2.45, 2.75) is 17.1 Å². The van der Waals surface area contributed by atoms with Crippen LogP contribution in [0.4, 0.5) is 0 Å². The molecule has 0 bridgehead atoms. The predicted octanol–water partition coefficient (Wildman–Crippen LogP) is 1.97. The fraction of sp³-hybridized carbons (Fsp3) is 0.278. The average Bonchev–Trinajstić information content (AvgIpc) is 3.30. The Bertz CT molecular complexity index is 1170. The number of rotatable bonds is 4. The van der Waals surface area contributed by atoms with Gasteiger partial charge in [0.05, 0.1) is 17.1 Å². The van der Waals surface area contributed by atoms with Gasteiger partial charge in [-0.1, -0.05) is 23.0 Å².